The van der Waals surface area contributed by atoms with Crippen molar-refractivity contribution in [3.05, 3.63) is 64.1 Å². The molecule has 0 aliphatic heterocycles. The van der Waals surface area contributed by atoms with Gasteiger partial charge in [0.2, 0.25) is 0 Å². The Balaban J connectivity index is 2.16. The first-order valence-electron chi connectivity index (χ1n) is 5.48. The van der Waals surface area contributed by atoms with Crippen molar-refractivity contribution in [3.8, 4) is 5.75 Å². The normalized spacial score (nSPS) is 10.1. The first-order chi connectivity index (χ1) is 8.68. The summed E-state index contributed by atoms with van der Waals surface area (Å²) in [6.07, 6.45) is 0. The maximum Gasteiger partial charge on any atom is 0.130 e. The second kappa shape index (κ2) is 5.69. The molecule has 0 aromatic heterocycles. The van der Waals surface area contributed by atoms with E-state index < -0.39 is 0 Å². The SMILES string of the molecule is N=C(N)c1ccccc1OCc1ccccc1Br. The number of nitrogen functional groups attached to an aromatic ring is 1. The van der Waals surface area contributed by atoms with E-state index in [-0.39, 0.29) is 5.84 Å². The molecule has 0 fully saturated rings. The maximum atomic E-state index is 7.49. The molecule has 2 aromatic carbocycles. The molecule has 0 aliphatic rings. The van der Waals surface area contributed by atoms with Gasteiger partial charge in [-0.2, -0.15) is 0 Å². The van der Waals surface area contributed by atoms with E-state index in [9.17, 15) is 0 Å². The minimum absolute atomic E-state index is 0.0118. The van der Waals surface area contributed by atoms with Gasteiger partial charge in [-0.05, 0) is 18.2 Å². The zero-order valence-electron chi connectivity index (χ0n) is 9.69. The van der Waals surface area contributed by atoms with Crippen molar-refractivity contribution in [3.63, 3.8) is 0 Å². The molecular weight excluding hydrogens is 292 g/mol. The number of hydrogen-bond donors (Lipinski definition) is 2. The van der Waals surface area contributed by atoms with E-state index in [4.69, 9.17) is 15.9 Å². The molecule has 4 heteroatoms. The maximum absolute atomic E-state index is 7.49. The Bertz CT molecular complexity index is 569. The molecule has 0 atom stereocenters. The minimum atomic E-state index is 0.0118. The quantitative estimate of drug-likeness (QED) is 0.672. The molecule has 0 heterocycles. The fourth-order valence-electron chi connectivity index (χ4n) is 1.59. The van der Waals surface area contributed by atoms with Crippen molar-refractivity contribution in [1.82, 2.24) is 0 Å². The molecule has 0 amide bonds. The number of nitrogens with two attached hydrogens (primary N) is 1. The molecule has 0 saturated carbocycles. The van der Waals surface area contributed by atoms with Crippen molar-refractivity contribution in [2.24, 2.45) is 5.73 Å². The van der Waals surface area contributed by atoms with E-state index in [0.717, 1.165) is 10.0 Å². The van der Waals surface area contributed by atoms with Gasteiger partial charge in [-0.25, -0.2) is 0 Å². The predicted octanol–water partition coefficient (Wildman–Crippen LogP) is 3.31. The predicted molar refractivity (Wildman–Crippen MR) is 75.9 cm³/mol. The molecule has 2 rings (SSSR count). The Kier molecular flexibility index (Phi) is 3.99. The Morgan fingerprint density at radius 3 is 2.50 bits per heavy atom. The molecule has 92 valence electrons. The smallest absolute Gasteiger partial charge is 0.130 e. The third-order valence-electron chi connectivity index (χ3n) is 2.52. The Hall–Kier alpha value is -1.81. The Labute approximate surface area is 114 Å². The summed E-state index contributed by atoms with van der Waals surface area (Å²) in [6, 6.07) is 15.2. The van der Waals surface area contributed by atoms with Crippen LogP contribution in [0.5, 0.6) is 5.75 Å². The van der Waals surface area contributed by atoms with Crippen LogP contribution in [0.3, 0.4) is 0 Å². The standard InChI is InChI=1S/C14H13BrN2O/c15-12-7-3-1-5-10(12)9-18-13-8-4-2-6-11(13)14(16)17/h1-8H,9H2,(H3,16,17). The molecule has 0 unspecified atom stereocenters. The molecule has 0 bridgehead atoms. The first kappa shape index (κ1) is 12.6. The average molecular weight is 305 g/mol. The van der Waals surface area contributed by atoms with Crippen LogP contribution in [0.25, 0.3) is 0 Å². The molecule has 3 nitrogen and oxygen atoms in total. The van der Waals surface area contributed by atoms with Gasteiger partial charge in [-0.15, -0.1) is 0 Å². The lowest BCUT2D eigenvalue weighted by atomic mass is 10.2. The highest BCUT2D eigenvalue weighted by molar-refractivity contribution is 9.10. The number of rotatable bonds is 4. The molecule has 0 radical (unpaired) electrons. The largest absolute Gasteiger partial charge is 0.488 e. The number of halogens is 1. The molecule has 0 spiro atoms. The van der Waals surface area contributed by atoms with Gasteiger partial charge in [0.25, 0.3) is 0 Å². The van der Waals surface area contributed by atoms with Crippen LogP contribution in [0.4, 0.5) is 0 Å². The second-order valence-electron chi connectivity index (χ2n) is 3.79. The van der Waals surface area contributed by atoms with Crippen molar-refractivity contribution in [2.75, 3.05) is 0 Å². The molecule has 18 heavy (non-hydrogen) atoms. The molecule has 0 saturated heterocycles. The molecular formula is C14H13BrN2O. The van der Waals surface area contributed by atoms with Crippen LogP contribution < -0.4 is 10.5 Å². The van der Waals surface area contributed by atoms with Crippen molar-refractivity contribution < 1.29 is 4.74 Å². The summed E-state index contributed by atoms with van der Waals surface area (Å²) >= 11 is 3.47. The molecule has 3 N–H and O–H groups in total. The van der Waals surface area contributed by atoms with Gasteiger partial charge in [0.1, 0.15) is 18.2 Å². The van der Waals surface area contributed by atoms with Crippen LogP contribution in [-0.2, 0) is 6.61 Å². The van der Waals surface area contributed by atoms with E-state index >= 15 is 0 Å². The topological polar surface area (TPSA) is 59.1 Å². The highest BCUT2D eigenvalue weighted by atomic mass is 79.9. The second-order valence-corrected chi connectivity index (χ2v) is 4.64. The molecule has 2 aromatic rings. The number of hydrogen-bond acceptors (Lipinski definition) is 2. The van der Waals surface area contributed by atoms with E-state index in [1.165, 1.54) is 0 Å². The van der Waals surface area contributed by atoms with Crippen molar-refractivity contribution in [2.45, 2.75) is 6.61 Å². The van der Waals surface area contributed by atoms with Crippen molar-refractivity contribution >= 4 is 21.8 Å². The Morgan fingerprint density at radius 2 is 1.78 bits per heavy atom. The van der Waals surface area contributed by atoms with Crippen LogP contribution in [0.15, 0.2) is 53.0 Å². The number of ether oxygens (including phenoxy) is 1. The number of para-hydroxylation sites is 1. The lowest BCUT2D eigenvalue weighted by Gasteiger charge is -2.11. The monoisotopic (exact) mass is 304 g/mol. The van der Waals surface area contributed by atoms with Crippen LogP contribution in [0.2, 0.25) is 0 Å². The highest BCUT2D eigenvalue weighted by Crippen LogP contribution is 2.21. The van der Waals surface area contributed by atoms with Crippen LogP contribution >= 0.6 is 15.9 Å². The number of nitrogens with one attached hydrogen (secondary N) is 1. The van der Waals surface area contributed by atoms with E-state index in [0.29, 0.717) is 17.9 Å². The van der Waals surface area contributed by atoms with E-state index in [2.05, 4.69) is 15.9 Å². The van der Waals surface area contributed by atoms with Crippen LogP contribution in [0, 0.1) is 5.41 Å². The zero-order chi connectivity index (χ0) is 13.0. The summed E-state index contributed by atoms with van der Waals surface area (Å²) in [4.78, 5) is 0. The van der Waals surface area contributed by atoms with Gasteiger partial charge < -0.3 is 10.5 Å². The fraction of sp³-hybridized carbons (Fsp3) is 0.0714. The van der Waals surface area contributed by atoms with E-state index in [1.807, 2.05) is 42.5 Å². The minimum Gasteiger partial charge on any atom is -0.488 e. The number of amidine groups is 1. The van der Waals surface area contributed by atoms with Crippen molar-refractivity contribution in [1.29, 1.82) is 5.41 Å². The third-order valence-corrected chi connectivity index (χ3v) is 3.29. The van der Waals surface area contributed by atoms with Gasteiger partial charge in [0.15, 0.2) is 0 Å². The number of benzene rings is 2. The lowest BCUT2D eigenvalue weighted by molar-refractivity contribution is 0.305. The van der Waals surface area contributed by atoms with Gasteiger partial charge in [0.05, 0.1) is 5.56 Å². The van der Waals surface area contributed by atoms with Gasteiger partial charge in [0, 0.05) is 10.0 Å². The lowest BCUT2D eigenvalue weighted by Crippen LogP contribution is -2.13. The summed E-state index contributed by atoms with van der Waals surface area (Å²) < 4.78 is 6.72. The van der Waals surface area contributed by atoms with Gasteiger partial charge >= 0.3 is 0 Å². The summed E-state index contributed by atoms with van der Waals surface area (Å²) in [5, 5.41) is 7.49. The third kappa shape index (κ3) is 2.90. The highest BCUT2D eigenvalue weighted by Gasteiger charge is 2.06. The fourth-order valence-corrected chi connectivity index (χ4v) is 1.99. The summed E-state index contributed by atoms with van der Waals surface area (Å²) in [6.45, 7) is 0.436. The molecule has 0 aliphatic carbocycles. The zero-order valence-corrected chi connectivity index (χ0v) is 11.3. The summed E-state index contributed by atoms with van der Waals surface area (Å²) in [5.41, 5.74) is 7.17. The summed E-state index contributed by atoms with van der Waals surface area (Å²) in [5.74, 6) is 0.637. The average Bonchev–Trinajstić information content (AvgIpc) is 2.38. The van der Waals surface area contributed by atoms with Gasteiger partial charge in [-0.1, -0.05) is 46.3 Å². The first-order valence-corrected chi connectivity index (χ1v) is 6.27. The van der Waals surface area contributed by atoms with Gasteiger partial charge in [-0.3, -0.25) is 5.41 Å². The van der Waals surface area contributed by atoms with Crippen LogP contribution in [0.1, 0.15) is 11.1 Å². The summed E-state index contributed by atoms with van der Waals surface area (Å²) in [7, 11) is 0. The van der Waals surface area contributed by atoms with Crippen LogP contribution in [-0.4, -0.2) is 5.84 Å². The van der Waals surface area contributed by atoms with E-state index in [1.54, 1.807) is 6.07 Å². The Morgan fingerprint density at radius 1 is 1.11 bits per heavy atom.